The maximum Gasteiger partial charge on any atom is 0.303 e. The van der Waals surface area contributed by atoms with E-state index >= 15 is 0 Å². The van der Waals surface area contributed by atoms with Crippen molar-refractivity contribution in [3.63, 3.8) is 0 Å². The third-order valence-corrected chi connectivity index (χ3v) is 3.82. The molecule has 0 atom stereocenters. The Balaban J connectivity index is 2.18. The van der Waals surface area contributed by atoms with Crippen LogP contribution < -0.4 is 0 Å². The summed E-state index contributed by atoms with van der Waals surface area (Å²) in [4.78, 5) is 35.9. The standard InChI is InChI=1S/C16H24N4O4/c1-11(21)24-10-14(22)19-7-6-8-20(19)15(23)12-9-13(16(2,3)4)17-18(12)5/h9H,6-8,10H2,1-5H3. The molecule has 0 spiro atoms. The predicted octanol–water partition coefficient (Wildman–Crippen LogP) is 0.870. The van der Waals surface area contributed by atoms with E-state index in [2.05, 4.69) is 5.10 Å². The maximum absolute atomic E-state index is 12.8. The molecule has 1 aliphatic heterocycles. The van der Waals surface area contributed by atoms with Crippen LogP contribution in [-0.4, -0.2) is 57.3 Å². The molecule has 0 bridgehead atoms. The second kappa shape index (κ2) is 6.62. The zero-order chi connectivity index (χ0) is 18.1. The van der Waals surface area contributed by atoms with Gasteiger partial charge in [-0.2, -0.15) is 5.10 Å². The van der Waals surface area contributed by atoms with Gasteiger partial charge in [0.2, 0.25) is 0 Å². The Morgan fingerprint density at radius 2 is 1.83 bits per heavy atom. The first kappa shape index (κ1) is 18.0. The van der Waals surface area contributed by atoms with Gasteiger partial charge in [0, 0.05) is 32.5 Å². The summed E-state index contributed by atoms with van der Waals surface area (Å²) in [6.45, 7) is 7.81. The fourth-order valence-electron chi connectivity index (χ4n) is 2.49. The number of amides is 2. The van der Waals surface area contributed by atoms with Crippen LogP contribution in [0.3, 0.4) is 0 Å². The molecule has 0 aromatic carbocycles. The monoisotopic (exact) mass is 336 g/mol. The number of hydrazine groups is 1. The van der Waals surface area contributed by atoms with Crippen LogP contribution >= 0.6 is 0 Å². The van der Waals surface area contributed by atoms with E-state index in [1.165, 1.54) is 21.6 Å². The molecule has 0 unspecified atom stereocenters. The van der Waals surface area contributed by atoms with Gasteiger partial charge in [-0.3, -0.25) is 19.1 Å². The molecule has 0 aliphatic carbocycles. The van der Waals surface area contributed by atoms with Crippen LogP contribution in [0.2, 0.25) is 0 Å². The van der Waals surface area contributed by atoms with E-state index in [1.807, 2.05) is 20.8 Å². The molecule has 1 aliphatic rings. The molecular weight excluding hydrogens is 312 g/mol. The van der Waals surface area contributed by atoms with Gasteiger partial charge in [0.05, 0.1) is 5.69 Å². The number of carbonyl (C=O) groups excluding carboxylic acids is 3. The minimum atomic E-state index is -0.526. The van der Waals surface area contributed by atoms with Gasteiger partial charge in [0.25, 0.3) is 11.8 Å². The predicted molar refractivity (Wildman–Crippen MR) is 85.9 cm³/mol. The van der Waals surface area contributed by atoms with E-state index < -0.39 is 11.9 Å². The highest BCUT2D eigenvalue weighted by atomic mass is 16.5. The van der Waals surface area contributed by atoms with Crippen LogP contribution in [0.15, 0.2) is 6.07 Å². The second-order valence-electron chi connectivity index (χ2n) is 6.87. The van der Waals surface area contributed by atoms with Gasteiger partial charge in [0.15, 0.2) is 6.61 Å². The minimum absolute atomic E-state index is 0.174. The normalized spacial score (nSPS) is 14.9. The van der Waals surface area contributed by atoms with Crippen LogP contribution in [-0.2, 0) is 26.8 Å². The summed E-state index contributed by atoms with van der Waals surface area (Å²) in [5.41, 5.74) is 1.06. The number of ether oxygens (including phenoxy) is 1. The molecule has 1 aromatic rings. The molecular formula is C16H24N4O4. The first-order valence-corrected chi connectivity index (χ1v) is 7.91. The Morgan fingerprint density at radius 3 is 2.38 bits per heavy atom. The van der Waals surface area contributed by atoms with Crippen molar-refractivity contribution in [2.45, 2.75) is 39.5 Å². The topological polar surface area (TPSA) is 84.7 Å². The van der Waals surface area contributed by atoms with Crippen LogP contribution in [0.1, 0.15) is 50.3 Å². The highest BCUT2D eigenvalue weighted by Crippen LogP contribution is 2.23. The zero-order valence-electron chi connectivity index (χ0n) is 14.8. The molecule has 132 valence electrons. The number of rotatable bonds is 3. The van der Waals surface area contributed by atoms with Gasteiger partial charge >= 0.3 is 5.97 Å². The van der Waals surface area contributed by atoms with Gasteiger partial charge in [-0.05, 0) is 12.5 Å². The lowest BCUT2D eigenvalue weighted by molar-refractivity contribution is -0.155. The maximum atomic E-state index is 12.8. The smallest absolute Gasteiger partial charge is 0.303 e. The molecule has 0 N–H and O–H groups in total. The van der Waals surface area contributed by atoms with E-state index in [0.717, 1.165) is 5.69 Å². The molecule has 24 heavy (non-hydrogen) atoms. The molecule has 1 fully saturated rings. The van der Waals surface area contributed by atoms with Crippen LogP contribution in [0.25, 0.3) is 0 Å². The van der Waals surface area contributed by atoms with Crippen molar-refractivity contribution >= 4 is 17.8 Å². The van der Waals surface area contributed by atoms with E-state index in [1.54, 1.807) is 13.1 Å². The van der Waals surface area contributed by atoms with E-state index in [-0.39, 0.29) is 17.9 Å². The van der Waals surface area contributed by atoms with Crippen molar-refractivity contribution < 1.29 is 19.1 Å². The average molecular weight is 336 g/mol. The molecule has 0 saturated carbocycles. The zero-order valence-corrected chi connectivity index (χ0v) is 14.8. The van der Waals surface area contributed by atoms with Gasteiger partial charge in [0.1, 0.15) is 5.69 Å². The number of aromatic nitrogens is 2. The van der Waals surface area contributed by atoms with Crippen molar-refractivity contribution in [3.8, 4) is 0 Å². The van der Waals surface area contributed by atoms with Crippen LogP contribution in [0.4, 0.5) is 0 Å². The average Bonchev–Trinajstić information content (AvgIpc) is 3.09. The fraction of sp³-hybridized carbons (Fsp3) is 0.625. The molecule has 1 saturated heterocycles. The highest BCUT2D eigenvalue weighted by molar-refractivity contribution is 5.94. The van der Waals surface area contributed by atoms with Crippen LogP contribution in [0.5, 0.6) is 0 Å². The summed E-state index contributed by atoms with van der Waals surface area (Å²) in [6.07, 6.45) is 0.682. The van der Waals surface area contributed by atoms with Crippen molar-refractivity contribution in [2.75, 3.05) is 19.7 Å². The molecule has 0 radical (unpaired) electrons. The minimum Gasteiger partial charge on any atom is -0.456 e. The SMILES string of the molecule is CC(=O)OCC(=O)N1CCCN1C(=O)c1cc(C(C)(C)C)nn1C. The quantitative estimate of drug-likeness (QED) is 0.765. The van der Waals surface area contributed by atoms with Crippen molar-refractivity contribution in [2.24, 2.45) is 7.05 Å². The second-order valence-corrected chi connectivity index (χ2v) is 6.87. The fourth-order valence-corrected chi connectivity index (χ4v) is 2.49. The molecule has 2 heterocycles. The summed E-state index contributed by atoms with van der Waals surface area (Å²) < 4.78 is 6.27. The van der Waals surface area contributed by atoms with Gasteiger partial charge in [-0.1, -0.05) is 20.8 Å². The third-order valence-electron chi connectivity index (χ3n) is 3.82. The first-order valence-electron chi connectivity index (χ1n) is 7.91. The highest BCUT2D eigenvalue weighted by Gasteiger charge is 2.33. The van der Waals surface area contributed by atoms with Crippen molar-refractivity contribution in [1.82, 2.24) is 19.8 Å². The number of nitrogens with zero attached hydrogens (tertiary/aromatic N) is 4. The van der Waals surface area contributed by atoms with Gasteiger partial charge in [-0.15, -0.1) is 0 Å². The van der Waals surface area contributed by atoms with Crippen LogP contribution in [0, 0.1) is 0 Å². The van der Waals surface area contributed by atoms with Crippen molar-refractivity contribution in [1.29, 1.82) is 0 Å². The molecule has 2 amide bonds. The lowest BCUT2D eigenvalue weighted by Gasteiger charge is -2.27. The number of hydrogen-bond donors (Lipinski definition) is 0. The van der Waals surface area contributed by atoms with E-state index in [9.17, 15) is 14.4 Å². The number of aryl methyl sites for hydroxylation is 1. The summed E-state index contributed by atoms with van der Waals surface area (Å²) in [7, 11) is 1.71. The summed E-state index contributed by atoms with van der Waals surface area (Å²) in [5, 5.41) is 7.14. The largest absolute Gasteiger partial charge is 0.456 e. The van der Waals surface area contributed by atoms with Gasteiger partial charge in [-0.25, -0.2) is 10.0 Å². The summed E-state index contributed by atoms with van der Waals surface area (Å²) in [6, 6.07) is 1.76. The van der Waals surface area contributed by atoms with E-state index in [4.69, 9.17) is 4.74 Å². The molecule has 8 heteroatoms. The Kier molecular flexibility index (Phi) is 4.96. The third kappa shape index (κ3) is 3.74. The van der Waals surface area contributed by atoms with E-state index in [0.29, 0.717) is 25.2 Å². The Morgan fingerprint density at radius 1 is 1.21 bits per heavy atom. The van der Waals surface area contributed by atoms with Crippen molar-refractivity contribution in [3.05, 3.63) is 17.5 Å². The van der Waals surface area contributed by atoms with Gasteiger partial charge < -0.3 is 4.74 Å². The first-order chi connectivity index (χ1) is 11.1. The number of esters is 1. The Hall–Kier alpha value is -2.38. The number of carbonyl (C=O) groups is 3. The lowest BCUT2D eigenvalue weighted by atomic mass is 9.92. The summed E-state index contributed by atoms with van der Waals surface area (Å²) >= 11 is 0. The Bertz CT molecular complexity index is 660. The molecule has 8 nitrogen and oxygen atoms in total. The lowest BCUT2D eigenvalue weighted by Crippen LogP contribution is -2.46. The summed E-state index contributed by atoms with van der Waals surface area (Å²) in [5.74, 6) is -1.22. The molecule has 1 aromatic heterocycles. The molecule has 2 rings (SSSR count). The number of hydrogen-bond acceptors (Lipinski definition) is 5. The Labute approximate surface area is 141 Å².